The van der Waals surface area contributed by atoms with Crippen molar-refractivity contribution in [1.29, 1.82) is 0 Å². The van der Waals surface area contributed by atoms with Crippen LogP contribution in [0.1, 0.15) is 10.4 Å². The molecule has 0 saturated heterocycles. The number of pyridine rings is 1. The van der Waals surface area contributed by atoms with Crippen molar-refractivity contribution in [2.24, 2.45) is 0 Å². The average Bonchev–Trinajstić information content (AvgIpc) is 3.26. The molecule has 4 heterocycles. The van der Waals surface area contributed by atoms with E-state index in [2.05, 4.69) is 36.3 Å². The Morgan fingerprint density at radius 1 is 1.17 bits per heavy atom. The third-order valence-corrected chi connectivity index (χ3v) is 4.75. The highest BCUT2D eigenvalue weighted by molar-refractivity contribution is 9.10. The third-order valence-electron chi connectivity index (χ3n) is 3.39. The summed E-state index contributed by atoms with van der Waals surface area (Å²) in [6.45, 7) is 0. The van der Waals surface area contributed by atoms with Crippen molar-refractivity contribution < 1.29 is 4.79 Å². The van der Waals surface area contributed by atoms with Gasteiger partial charge < -0.3 is 5.32 Å². The third kappa shape index (κ3) is 2.70. The van der Waals surface area contributed by atoms with Crippen LogP contribution in [-0.2, 0) is 0 Å². The second-order valence-corrected chi connectivity index (χ2v) is 6.78. The summed E-state index contributed by atoms with van der Waals surface area (Å²) in [5.74, 6) is 0.174. The van der Waals surface area contributed by atoms with Crippen molar-refractivity contribution in [1.82, 2.24) is 19.6 Å². The minimum absolute atomic E-state index is 0.296. The molecule has 0 saturated carbocycles. The van der Waals surface area contributed by atoms with Crippen LogP contribution in [0.4, 0.5) is 5.82 Å². The van der Waals surface area contributed by atoms with Crippen molar-refractivity contribution >= 4 is 44.6 Å². The van der Waals surface area contributed by atoms with Crippen LogP contribution in [0, 0.1) is 0 Å². The van der Waals surface area contributed by atoms with Crippen LogP contribution in [0.2, 0.25) is 0 Å². The molecule has 0 radical (unpaired) electrons. The van der Waals surface area contributed by atoms with Crippen LogP contribution in [0.15, 0.2) is 58.8 Å². The Bertz CT molecular complexity index is 1010. The van der Waals surface area contributed by atoms with Gasteiger partial charge in [0.2, 0.25) is 0 Å². The lowest BCUT2D eigenvalue weighted by Gasteiger charge is -2.04. The lowest BCUT2D eigenvalue weighted by molar-refractivity contribution is 0.102. The molecule has 1 N–H and O–H groups in total. The fourth-order valence-corrected chi connectivity index (χ4v) is 3.27. The Morgan fingerprint density at radius 2 is 2.08 bits per heavy atom. The number of fused-ring (bicyclic) bond motifs is 1. The molecule has 0 unspecified atom stereocenters. The first-order chi connectivity index (χ1) is 11.7. The predicted molar refractivity (Wildman–Crippen MR) is 96.2 cm³/mol. The Morgan fingerprint density at radius 3 is 2.83 bits per heavy atom. The van der Waals surface area contributed by atoms with Crippen LogP contribution in [0.25, 0.3) is 16.2 Å². The molecule has 4 aromatic heterocycles. The number of hydrogen-bond acceptors (Lipinski definition) is 5. The summed E-state index contributed by atoms with van der Waals surface area (Å²) in [4.78, 5) is 22.0. The van der Waals surface area contributed by atoms with Gasteiger partial charge in [0.05, 0.1) is 16.8 Å². The monoisotopic (exact) mass is 399 g/mol. The van der Waals surface area contributed by atoms with Crippen molar-refractivity contribution in [3.63, 3.8) is 0 Å². The quantitative estimate of drug-likeness (QED) is 0.567. The van der Waals surface area contributed by atoms with Gasteiger partial charge in [0.1, 0.15) is 11.4 Å². The van der Waals surface area contributed by atoms with Crippen LogP contribution in [-0.4, -0.2) is 25.5 Å². The lowest BCUT2D eigenvalue weighted by atomic mass is 10.3. The molecule has 1 amide bonds. The first-order valence-corrected chi connectivity index (χ1v) is 8.69. The second-order valence-electron chi connectivity index (χ2n) is 4.92. The van der Waals surface area contributed by atoms with E-state index in [4.69, 9.17) is 0 Å². The van der Waals surface area contributed by atoms with Gasteiger partial charge in [-0.3, -0.25) is 4.79 Å². The number of aromatic nitrogens is 4. The molecule has 0 spiro atoms. The topological polar surface area (TPSA) is 72.2 Å². The Labute approximate surface area is 149 Å². The fraction of sp³-hybridized carbons (Fsp3) is 0. The standard InChI is InChI=1S/C16H10BrN5OS/c17-10-3-4-14(19-8-10)21-16(23)11-9-20-22-12(5-6-18-15(11)22)13-2-1-7-24-13/h1-9H,(H,19,21,23). The molecule has 0 aliphatic carbocycles. The predicted octanol–water partition coefficient (Wildman–Crippen LogP) is 3.87. The molecule has 118 valence electrons. The number of rotatable bonds is 3. The van der Waals surface area contributed by atoms with E-state index in [1.807, 2.05) is 29.6 Å². The van der Waals surface area contributed by atoms with E-state index in [1.165, 1.54) is 6.20 Å². The second kappa shape index (κ2) is 6.14. The van der Waals surface area contributed by atoms with Gasteiger partial charge in [-0.1, -0.05) is 6.07 Å². The molecule has 4 aromatic rings. The molecular weight excluding hydrogens is 390 g/mol. The number of amides is 1. The van der Waals surface area contributed by atoms with E-state index < -0.39 is 0 Å². The maximum atomic E-state index is 12.5. The number of anilines is 1. The van der Waals surface area contributed by atoms with Gasteiger partial charge in [-0.2, -0.15) is 5.10 Å². The first kappa shape index (κ1) is 15.0. The van der Waals surface area contributed by atoms with Crippen molar-refractivity contribution in [3.05, 3.63) is 64.3 Å². The highest BCUT2D eigenvalue weighted by Gasteiger charge is 2.17. The van der Waals surface area contributed by atoms with Gasteiger partial charge in [-0.25, -0.2) is 14.5 Å². The summed E-state index contributed by atoms with van der Waals surface area (Å²) in [6.07, 6.45) is 4.83. The molecular formula is C16H10BrN5OS. The smallest absolute Gasteiger partial charge is 0.262 e. The van der Waals surface area contributed by atoms with E-state index in [1.54, 1.807) is 34.3 Å². The summed E-state index contributed by atoms with van der Waals surface area (Å²) < 4.78 is 2.52. The van der Waals surface area contributed by atoms with Gasteiger partial charge in [-0.15, -0.1) is 11.3 Å². The molecule has 0 atom stereocenters. The normalized spacial score (nSPS) is 10.9. The SMILES string of the molecule is O=C(Nc1ccc(Br)cn1)c1cnn2c(-c3cccs3)ccnc12. The zero-order chi connectivity index (χ0) is 16.5. The zero-order valence-electron chi connectivity index (χ0n) is 12.2. The van der Waals surface area contributed by atoms with Gasteiger partial charge >= 0.3 is 0 Å². The van der Waals surface area contributed by atoms with E-state index in [0.717, 1.165) is 15.0 Å². The molecule has 0 bridgehead atoms. The van der Waals surface area contributed by atoms with E-state index in [-0.39, 0.29) is 5.91 Å². The molecule has 24 heavy (non-hydrogen) atoms. The van der Waals surface area contributed by atoms with E-state index in [9.17, 15) is 4.79 Å². The largest absolute Gasteiger partial charge is 0.306 e. The summed E-state index contributed by atoms with van der Waals surface area (Å²) in [5.41, 5.74) is 1.81. The molecule has 6 nitrogen and oxygen atoms in total. The van der Waals surface area contributed by atoms with Crippen molar-refractivity contribution in [3.8, 4) is 10.6 Å². The Balaban J connectivity index is 1.71. The van der Waals surface area contributed by atoms with E-state index >= 15 is 0 Å². The van der Waals surface area contributed by atoms with Gasteiger partial charge in [0.25, 0.3) is 5.91 Å². The van der Waals surface area contributed by atoms with Crippen molar-refractivity contribution in [2.75, 3.05) is 5.32 Å². The minimum Gasteiger partial charge on any atom is -0.306 e. The average molecular weight is 400 g/mol. The number of halogens is 1. The van der Waals surface area contributed by atoms with Crippen LogP contribution in [0.3, 0.4) is 0 Å². The van der Waals surface area contributed by atoms with Crippen LogP contribution >= 0.6 is 27.3 Å². The number of thiophene rings is 1. The summed E-state index contributed by atoms with van der Waals surface area (Å²) in [5, 5.41) is 9.08. The maximum absolute atomic E-state index is 12.5. The molecule has 0 fully saturated rings. The fourth-order valence-electron chi connectivity index (χ4n) is 2.30. The van der Waals surface area contributed by atoms with Gasteiger partial charge in [0.15, 0.2) is 5.65 Å². The Hall–Kier alpha value is -2.58. The minimum atomic E-state index is -0.296. The molecule has 0 aliphatic heterocycles. The summed E-state index contributed by atoms with van der Waals surface area (Å²) in [6, 6.07) is 9.39. The Kier molecular flexibility index (Phi) is 3.83. The summed E-state index contributed by atoms with van der Waals surface area (Å²) >= 11 is 4.92. The number of hydrogen-bond donors (Lipinski definition) is 1. The molecule has 0 aliphatic rings. The van der Waals surface area contributed by atoms with Crippen molar-refractivity contribution in [2.45, 2.75) is 0 Å². The highest BCUT2D eigenvalue weighted by atomic mass is 79.9. The van der Waals surface area contributed by atoms with Gasteiger partial charge in [-0.05, 0) is 45.6 Å². The number of carbonyl (C=O) groups excluding carboxylic acids is 1. The van der Waals surface area contributed by atoms with Gasteiger partial charge in [0, 0.05) is 16.9 Å². The number of nitrogens with zero attached hydrogens (tertiary/aromatic N) is 4. The lowest BCUT2D eigenvalue weighted by Crippen LogP contribution is -2.13. The zero-order valence-corrected chi connectivity index (χ0v) is 14.6. The molecule has 0 aromatic carbocycles. The van der Waals surface area contributed by atoms with E-state index in [0.29, 0.717) is 17.0 Å². The number of nitrogens with one attached hydrogen (secondary N) is 1. The van der Waals surface area contributed by atoms with Crippen LogP contribution < -0.4 is 5.32 Å². The van der Waals surface area contributed by atoms with Crippen LogP contribution in [0.5, 0.6) is 0 Å². The molecule has 4 rings (SSSR count). The highest BCUT2D eigenvalue weighted by Crippen LogP contribution is 2.25. The first-order valence-electron chi connectivity index (χ1n) is 7.02. The molecule has 8 heteroatoms. The summed E-state index contributed by atoms with van der Waals surface area (Å²) in [7, 11) is 0. The maximum Gasteiger partial charge on any atom is 0.262 e. The number of carbonyl (C=O) groups is 1.